The summed E-state index contributed by atoms with van der Waals surface area (Å²) in [6.07, 6.45) is 27.4. The van der Waals surface area contributed by atoms with E-state index in [0.717, 1.165) is 150 Å². The third-order valence-electron chi connectivity index (χ3n) is 27.1. The summed E-state index contributed by atoms with van der Waals surface area (Å²) in [7, 11) is 0. The number of hydrogen-bond donors (Lipinski definition) is 7. The van der Waals surface area contributed by atoms with Crippen molar-refractivity contribution >= 4 is 123 Å². The van der Waals surface area contributed by atoms with Gasteiger partial charge in [0, 0.05) is 142 Å². The van der Waals surface area contributed by atoms with E-state index in [9.17, 15) is 38.7 Å². The van der Waals surface area contributed by atoms with E-state index >= 15 is 0 Å². The van der Waals surface area contributed by atoms with Gasteiger partial charge in [-0.15, -0.1) is 23.2 Å². The van der Waals surface area contributed by atoms with E-state index in [0.29, 0.717) is 74.6 Å². The number of fused-ring (bicyclic) bond motifs is 9. The van der Waals surface area contributed by atoms with Crippen LogP contribution in [0.15, 0.2) is 194 Å². The van der Waals surface area contributed by atoms with Crippen LogP contribution in [0.2, 0.25) is 0 Å². The molecule has 147 heavy (non-hydrogen) atoms. The minimum atomic E-state index is -0.496. The summed E-state index contributed by atoms with van der Waals surface area (Å²) >= 11 is 11.1. The van der Waals surface area contributed by atoms with Gasteiger partial charge in [0.2, 0.25) is 29.5 Å². The van der Waals surface area contributed by atoms with Crippen LogP contribution < -0.4 is 45.4 Å². The quantitative estimate of drug-likeness (QED) is 0.0259. The van der Waals surface area contributed by atoms with Crippen LogP contribution in [0, 0.1) is 11.8 Å². The number of carbonyl (C=O) groups excluding carboxylic acids is 7. The number of rotatable bonds is 12. The largest absolute Gasteiger partial charge is 1.00 e. The molecule has 7 aromatic rings. The van der Waals surface area contributed by atoms with E-state index in [4.69, 9.17) is 42.5 Å². The molecule has 10 aliphatic heterocycles. The Hall–Kier alpha value is -8.94. The van der Waals surface area contributed by atoms with Crippen LogP contribution in [0.1, 0.15) is 309 Å². The number of β-amino-alcohol motifs (C(OH)–C–C–N with tert-alkyl or cyclic N) is 1. The molecule has 12 aliphatic rings. The van der Waals surface area contributed by atoms with Gasteiger partial charge in [-0.05, 0) is 232 Å². The second-order valence-corrected chi connectivity index (χ2v) is 39.0. The van der Waals surface area contributed by atoms with E-state index in [1.54, 1.807) is 29.5 Å². The SMILES string of the molecule is C.CC.CC.CC.CC.CC.CC.CC.CC(C)(C)OC(=O)N(CCCl)CCCl.CC(C)(C)OC(=O)N1CCC2(CC1)C(=O)Nc1ccccc12.CCO.O=C(/C=C/c1ccccc1)N1CCC(C(O)CN2CCC3(CC2)CNc2ccccc23)CC1.O=C(/C=C/c1ccccc1)N1CCC(C2CO2)CC1.O=C1Cc2ccccc2N1.O=C1Nc2ccccc2C12CCCCC2.[AlH3].[H-].[Li+].c1ccc2c(c1)NCC21CCCCC1. The van der Waals surface area contributed by atoms with Gasteiger partial charge < -0.3 is 76.9 Å². The van der Waals surface area contributed by atoms with Crippen molar-refractivity contribution in [2.24, 2.45) is 11.8 Å². The Kier molecular flexibility index (Phi) is 64.8. The molecule has 2 saturated carbocycles. The molecule has 26 heteroatoms. The molecule has 7 N–H and O–H groups in total. The molecule has 2 atom stereocenters. The molecule has 2 unspecified atom stereocenters. The standard InChI is InChI=1S/C28H35N3O2.C17H22N2O3.C16H19NO2.C13H15NO.C13H17N.C9H17Cl2NO2.C8H7NO.C2H6O.7C2H6.CH4.Al.Li.4H/c32-26(20-30-18-14-28(15-19-30)21-29-25-9-5-4-8-24(25)28)23-12-16-31(17-13-23)27(33)11-10-22-6-2-1-3-7-22;1-16(2,3)22-15(21)19-10-8-17(9-11-19)12-6-4-5-7-13(12)18-14(17)20;18-16(7-6-13-4-2-1-3-5-13)17-10-8-14(9-11-17)15-12-19-15;15-12-13(8-4-1-5-9-13)10-6-2-3-7-11(10)14-12;1-4-8-13(9-5-1)10-14-12-7-3-2-6-11(12)13;1-9(2,3)14-8(13)12(6-4-10)7-5-11;10-8-5-6-3-1-2-4-7(6)9-8;1-2-3;7*1-2;;;;;;;/h1-11,23,26,29,32H,12-21H2;4-7H,8-11H2,1-3H3,(H,18,20);1-7,14-15H,8-12H2;2-3,6-7H,1,4-5,8-9H2,(H,14,15);2-3,6-7,14H,1,4-5,8-10H2;4-7H2,1-3H3;1-4H,5H2,(H,9,10);3H,2H2,1H3;7*1-2H3;1H4;;;;;;/q;;;;;;;;;;;;;;;;;+1;;;;-1/b11-10+;;7-6+;;;;;;;;;;;;;;;;;;;. The number of alkyl halides is 2. The molecule has 812 valence electrons. The van der Waals surface area contributed by atoms with Gasteiger partial charge in [-0.3, -0.25) is 24.0 Å². The van der Waals surface area contributed by atoms with Crippen molar-refractivity contribution in [1.82, 2.24) is 24.5 Å². The predicted molar refractivity (Wildman–Crippen MR) is 619 cm³/mol. The minimum Gasteiger partial charge on any atom is -1.00 e. The number of ether oxygens (including phenoxy) is 3. The van der Waals surface area contributed by atoms with Crippen LogP contribution >= 0.6 is 23.2 Å². The van der Waals surface area contributed by atoms with Crippen LogP contribution in [-0.4, -0.2) is 227 Å². The van der Waals surface area contributed by atoms with Crippen LogP contribution in [0.5, 0.6) is 0 Å². The zero-order valence-corrected chi connectivity index (χ0v) is 93.9. The fraction of sp³-hybridized carbons (Fsp3) is 0.562. The smallest absolute Gasteiger partial charge is 1.00 e. The van der Waals surface area contributed by atoms with Gasteiger partial charge in [0.15, 0.2) is 17.4 Å². The van der Waals surface area contributed by atoms with Crippen molar-refractivity contribution < 1.29 is 78.3 Å². The van der Waals surface area contributed by atoms with Gasteiger partial charge in [0.1, 0.15) is 11.2 Å². The molecule has 7 amide bonds. The van der Waals surface area contributed by atoms with Gasteiger partial charge in [0.25, 0.3) is 0 Å². The van der Waals surface area contributed by atoms with Gasteiger partial charge >= 0.3 is 31.0 Å². The number of epoxide rings is 1. The molecule has 22 nitrogen and oxygen atoms in total. The summed E-state index contributed by atoms with van der Waals surface area (Å²) in [5.41, 5.74) is 13.2. The molecule has 7 fully saturated rings. The number of aliphatic hydroxyl groups is 2. The first-order valence-electron chi connectivity index (χ1n) is 54.3. The van der Waals surface area contributed by atoms with Crippen LogP contribution in [-0.2, 0) is 66.3 Å². The fourth-order valence-electron chi connectivity index (χ4n) is 19.9. The van der Waals surface area contributed by atoms with E-state index in [1.165, 1.54) is 85.3 Å². The molecule has 10 heterocycles. The van der Waals surface area contributed by atoms with Crippen molar-refractivity contribution in [2.45, 2.75) is 320 Å². The molecule has 7 aromatic carbocycles. The second kappa shape index (κ2) is 71.0. The first kappa shape index (κ1) is 134. The number of likely N-dealkylation sites (tertiary alicyclic amines) is 4. The van der Waals surface area contributed by atoms with Crippen molar-refractivity contribution in [3.8, 4) is 0 Å². The fourth-order valence-corrected chi connectivity index (χ4v) is 20.3. The number of benzene rings is 7. The monoisotopic (exact) mass is 2080 g/mol. The number of hydrogen-bond acceptors (Lipinski definition) is 15. The summed E-state index contributed by atoms with van der Waals surface area (Å²) in [6, 6.07) is 61.2. The second-order valence-electron chi connectivity index (χ2n) is 38.2. The number of nitrogens with one attached hydrogen (secondary N) is 5. The zero-order chi connectivity index (χ0) is 106. The van der Waals surface area contributed by atoms with E-state index < -0.39 is 16.6 Å². The van der Waals surface area contributed by atoms with E-state index in [2.05, 4.69) is 86.1 Å². The number of piperidine rings is 4. The number of carbonyl (C=O) groups is 7. The molecule has 0 bridgehead atoms. The summed E-state index contributed by atoms with van der Waals surface area (Å²) in [6.45, 7) is 52.1. The number of amides is 7. The van der Waals surface area contributed by atoms with Crippen molar-refractivity contribution in [3.63, 3.8) is 0 Å². The number of anilines is 5. The molecule has 0 radical (unpaired) electrons. The van der Waals surface area contributed by atoms with Crippen molar-refractivity contribution in [2.75, 3.05) is 137 Å². The zero-order valence-electron chi connectivity index (χ0n) is 93.4. The predicted octanol–water partition coefficient (Wildman–Crippen LogP) is 22.8. The maximum atomic E-state index is 12.5. The summed E-state index contributed by atoms with van der Waals surface area (Å²) in [4.78, 5) is 93.1. The first-order chi connectivity index (χ1) is 69.7. The van der Waals surface area contributed by atoms with Gasteiger partial charge in [-0.1, -0.05) is 295 Å². The average molecular weight is 2080 g/mol. The molecule has 4 spiro atoms. The first-order valence-corrected chi connectivity index (χ1v) is 55.4. The number of aliphatic hydroxyl groups excluding tert-OH is 2. The van der Waals surface area contributed by atoms with E-state index in [-0.39, 0.29) is 116 Å². The maximum absolute atomic E-state index is 12.5. The Morgan fingerprint density at radius 2 is 0.830 bits per heavy atom. The third-order valence-corrected chi connectivity index (χ3v) is 27.4. The van der Waals surface area contributed by atoms with Gasteiger partial charge in [-0.25, -0.2) is 9.59 Å². The minimum absolute atomic E-state index is 0. The van der Waals surface area contributed by atoms with Crippen molar-refractivity contribution in [1.29, 1.82) is 0 Å². The van der Waals surface area contributed by atoms with Crippen LogP contribution in [0.25, 0.3) is 12.2 Å². The Morgan fingerprint density at radius 1 is 0.469 bits per heavy atom. The van der Waals surface area contributed by atoms with Crippen molar-refractivity contribution in [3.05, 3.63) is 233 Å². The number of para-hydroxylation sites is 5. The molecule has 0 aromatic heterocycles. The maximum Gasteiger partial charge on any atom is 1.00 e. The van der Waals surface area contributed by atoms with Gasteiger partial charge in [0.05, 0.1) is 36.1 Å². The Balaban J connectivity index is 0.000000859. The summed E-state index contributed by atoms with van der Waals surface area (Å²) in [5.74, 6) is 2.28. The van der Waals surface area contributed by atoms with Gasteiger partial charge in [-0.2, -0.15) is 0 Å². The average Bonchev–Trinajstić information content (AvgIpc) is 1.59. The molecule has 5 saturated heterocycles. The topological polar surface area (TPSA) is 267 Å². The molecular formula is C121H188AlCl2LiN10O12. The third kappa shape index (κ3) is 41.0. The number of nitrogens with zero attached hydrogens (tertiary/aromatic N) is 5. The normalized spacial score (nSPS) is 17.9. The molecule has 2 aliphatic carbocycles. The molecule has 19 rings (SSSR count). The van der Waals surface area contributed by atoms with Crippen LogP contribution in [0.4, 0.5) is 38.0 Å². The Labute approximate surface area is 920 Å². The summed E-state index contributed by atoms with van der Waals surface area (Å²) < 4.78 is 15.9. The van der Waals surface area contributed by atoms with Crippen LogP contribution in [0.3, 0.4) is 0 Å². The Morgan fingerprint density at radius 3 is 1.23 bits per heavy atom. The Bertz CT molecular complexity index is 4900. The molecular weight excluding hydrogens is 1890 g/mol. The van der Waals surface area contributed by atoms with E-state index in [1.807, 2.05) is 288 Å². The number of halogens is 2. The summed E-state index contributed by atoms with van der Waals surface area (Å²) in [5, 5.41) is 34.4.